The van der Waals surface area contributed by atoms with Crippen LogP contribution < -0.4 is 10.6 Å². The molecule has 1 aromatic carbocycles. The summed E-state index contributed by atoms with van der Waals surface area (Å²) in [6.07, 6.45) is 5.61. The van der Waals surface area contributed by atoms with Crippen LogP contribution >= 0.6 is 0 Å². The molecule has 2 aliphatic heterocycles. The average Bonchev–Trinajstić information content (AvgIpc) is 2.83. The number of carboxylic acids is 2. The summed E-state index contributed by atoms with van der Waals surface area (Å²) in [5.41, 5.74) is 0.977. The molecule has 0 aliphatic carbocycles. The molecule has 2 amide bonds. The van der Waals surface area contributed by atoms with E-state index in [0.29, 0.717) is 37.6 Å². The molecule has 186 valence electrons. The zero-order valence-corrected chi connectivity index (χ0v) is 19.4. The van der Waals surface area contributed by atoms with Gasteiger partial charge in [-0.05, 0) is 76.1 Å². The molecular weight excluding hydrogens is 440 g/mol. The highest BCUT2D eigenvalue weighted by Gasteiger charge is 2.30. The zero-order valence-electron chi connectivity index (χ0n) is 19.4. The van der Waals surface area contributed by atoms with Gasteiger partial charge in [0.25, 0.3) is 0 Å². The van der Waals surface area contributed by atoms with Crippen LogP contribution in [0.4, 0.5) is 11.4 Å². The lowest BCUT2D eigenvalue weighted by Gasteiger charge is -2.31. The van der Waals surface area contributed by atoms with Crippen LogP contribution in [-0.4, -0.2) is 82.0 Å². The Morgan fingerprint density at radius 2 is 0.971 bits per heavy atom. The van der Waals surface area contributed by atoms with E-state index in [0.717, 1.165) is 38.5 Å². The number of anilines is 2. The number of hydrogen-bond donors (Lipinski definition) is 4. The summed E-state index contributed by atoms with van der Waals surface area (Å²) in [5, 5.41) is 24.5. The van der Waals surface area contributed by atoms with Gasteiger partial charge >= 0.3 is 11.9 Å². The predicted molar refractivity (Wildman–Crippen MR) is 127 cm³/mol. The van der Waals surface area contributed by atoms with Gasteiger partial charge in [0.15, 0.2) is 0 Å². The molecule has 0 bridgehead atoms. The van der Waals surface area contributed by atoms with Crippen molar-refractivity contribution in [3.8, 4) is 0 Å². The van der Waals surface area contributed by atoms with E-state index >= 15 is 0 Å². The van der Waals surface area contributed by atoms with E-state index in [1.807, 2.05) is 9.80 Å². The number of amides is 2. The number of hydrogen-bond acceptors (Lipinski definition) is 6. The largest absolute Gasteiger partial charge is 0.480 e. The predicted octanol–water partition coefficient (Wildman–Crippen LogP) is 2.22. The van der Waals surface area contributed by atoms with E-state index in [2.05, 4.69) is 10.6 Å². The van der Waals surface area contributed by atoms with Crippen LogP contribution in [0.5, 0.6) is 0 Å². The van der Waals surface area contributed by atoms with Crippen molar-refractivity contribution in [1.29, 1.82) is 0 Å². The quantitative estimate of drug-likeness (QED) is 0.405. The second-order valence-electron chi connectivity index (χ2n) is 8.98. The van der Waals surface area contributed by atoms with Crippen LogP contribution in [0.3, 0.4) is 0 Å². The molecule has 1 aromatic rings. The van der Waals surface area contributed by atoms with Gasteiger partial charge in [-0.15, -0.1) is 0 Å². The number of carboxylic acid groups (broad SMARTS) is 2. The molecular formula is C24H34N4O6. The van der Waals surface area contributed by atoms with Crippen LogP contribution in [0, 0.1) is 0 Å². The maximum absolute atomic E-state index is 12.4. The van der Waals surface area contributed by atoms with Crippen LogP contribution in [-0.2, 0) is 19.2 Å². The maximum Gasteiger partial charge on any atom is 0.321 e. The van der Waals surface area contributed by atoms with Crippen LogP contribution in [0.1, 0.15) is 51.4 Å². The summed E-state index contributed by atoms with van der Waals surface area (Å²) in [5.74, 6) is -2.78. The number of nitrogens with zero attached hydrogens (tertiary/aromatic N) is 2. The van der Waals surface area contributed by atoms with Gasteiger partial charge in [-0.25, -0.2) is 0 Å². The van der Waals surface area contributed by atoms with Gasteiger partial charge in [-0.3, -0.25) is 29.0 Å². The van der Waals surface area contributed by atoms with Crippen molar-refractivity contribution in [2.45, 2.75) is 63.5 Å². The number of rotatable bonds is 10. The summed E-state index contributed by atoms with van der Waals surface area (Å²) < 4.78 is 0. The highest BCUT2D eigenvalue weighted by molar-refractivity contribution is 5.96. The molecule has 2 heterocycles. The first-order valence-corrected chi connectivity index (χ1v) is 12.0. The van der Waals surface area contributed by atoms with Gasteiger partial charge in [-0.2, -0.15) is 0 Å². The number of carbonyl (C=O) groups is 4. The Morgan fingerprint density at radius 1 is 0.647 bits per heavy atom. The molecule has 10 heteroatoms. The highest BCUT2D eigenvalue weighted by Crippen LogP contribution is 2.19. The minimum Gasteiger partial charge on any atom is -0.480 e. The number of carbonyl (C=O) groups excluding carboxylic acids is 2. The Bertz CT molecular complexity index is 792. The third-order valence-electron chi connectivity index (χ3n) is 6.44. The standard InChI is InChI=1S/C24H34N4O6/c29-21(15-19(23(31)32)27-11-3-1-4-12-27)25-17-7-9-18(10-8-17)26-22(30)16-20(24(33)34)28-13-5-2-6-14-28/h7-10,19-20H,1-6,11-16H2,(H,25,29)(H,26,30)(H,31,32)(H,33,34)/t19-,20-/m1/s1. The zero-order chi connectivity index (χ0) is 24.5. The fourth-order valence-electron chi connectivity index (χ4n) is 4.62. The first-order valence-electron chi connectivity index (χ1n) is 12.0. The summed E-state index contributed by atoms with van der Waals surface area (Å²) in [4.78, 5) is 51.9. The molecule has 0 spiro atoms. The smallest absolute Gasteiger partial charge is 0.321 e. The van der Waals surface area contributed by atoms with E-state index in [9.17, 15) is 29.4 Å². The van der Waals surface area contributed by atoms with Crippen LogP contribution in [0.2, 0.25) is 0 Å². The lowest BCUT2D eigenvalue weighted by Crippen LogP contribution is -2.46. The van der Waals surface area contributed by atoms with Crippen molar-refractivity contribution < 1.29 is 29.4 Å². The Morgan fingerprint density at radius 3 is 1.26 bits per heavy atom. The van der Waals surface area contributed by atoms with E-state index in [-0.39, 0.29) is 24.7 Å². The third kappa shape index (κ3) is 7.53. The number of likely N-dealkylation sites (tertiary alicyclic amines) is 2. The summed E-state index contributed by atoms with van der Waals surface area (Å²) >= 11 is 0. The number of nitrogens with one attached hydrogen (secondary N) is 2. The van der Waals surface area contributed by atoms with Gasteiger partial charge in [-0.1, -0.05) is 12.8 Å². The molecule has 2 aliphatic rings. The van der Waals surface area contributed by atoms with Crippen LogP contribution in [0.25, 0.3) is 0 Å². The molecule has 2 fully saturated rings. The van der Waals surface area contributed by atoms with Crippen molar-refractivity contribution in [3.63, 3.8) is 0 Å². The fourth-order valence-corrected chi connectivity index (χ4v) is 4.62. The molecule has 2 saturated heterocycles. The second-order valence-corrected chi connectivity index (χ2v) is 8.98. The van der Waals surface area contributed by atoms with Crippen molar-refractivity contribution in [3.05, 3.63) is 24.3 Å². The molecule has 34 heavy (non-hydrogen) atoms. The normalized spacial score (nSPS) is 19.1. The molecule has 10 nitrogen and oxygen atoms in total. The first kappa shape index (κ1) is 25.6. The highest BCUT2D eigenvalue weighted by atomic mass is 16.4. The lowest BCUT2D eigenvalue weighted by molar-refractivity contribution is -0.146. The molecule has 2 atom stereocenters. The number of aliphatic carboxylic acids is 2. The summed E-state index contributed by atoms with van der Waals surface area (Å²) in [6, 6.07) is 4.77. The number of piperidine rings is 2. The molecule has 0 radical (unpaired) electrons. The van der Waals surface area contributed by atoms with Crippen molar-refractivity contribution in [2.24, 2.45) is 0 Å². The average molecular weight is 475 g/mol. The van der Waals surface area contributed by atoms with E-state index in [1.165, 1.54) is 0 Å². The Kier molecular flexibility index (Phi) is 9.41. The van der Waals surface area contributed by atoms with E-state index in [4.69, 9.17) is 0 Å². The SMILES string of the molecule is O=C(C[C@H](C(=O)O)N1CCCCC1)Nc1ccc(NC(=O)C[C@H](C(=O)O)N2CCCCC2)cc1. The molecule has 4 N–H and O–H groups in total. The lowest BCUT2D eigenvalue weighted by atomic mass is 10.1. The fraction of sp³-hybridized carbons (Fsp3) is 0.583. The van der Waals surface area contributed by atoms with Gasteiger partial charge < -0.3 is 20.8 Å². The van der Waals surface area contributed by atoms with Crippen molar-refractivity contribution in [1.82, 2.24) is 9.80 Å². The van der Waals surface area contributed by atoms with Gasteiger partial charge in [0.1, 0.15) is 12.1 Å². The van der Waals surface area contributed by atoms with Crippen molar-refractivity contribution >= 4 is 35.1 Å². The Hall–Kier alpha value is -2.98. The van der Waals surface area contributed by atoms with Gasteiger partial charge in [0.2, 0.25) is 11.8 Å². The van der Waals surface area contributed by atoms with Gasteiger partial charge in [0.05, 0.1) is 12.8 Å². The topological polar surface area (TPSA) is 139 Å². The molecule has 0 aromatic heterocycles. The summed E-state index contributed by atoms with van der Waals surface area (Å²) in [7, 11) is 0. The second kappa shape index (κ2) is 12.5. The van der Waals surface area contributed by atoms with E-state index < -0.39 is 24.0 Å². The Labute approximate surface area is 199 Å². The maximum atomic E-state index is 12.4. The summed E-state index contributed by atoms with van der Waals surface area (Å²) in [6.45, 7) is 2.72. The minimum absolute atomic E-state index is 0.138. The third-order valence-corrected chi connectivity index (χ3v) is 6.44. The Balaban J connectivity index is 1.50. The number of benzene rings is 1. The van der Waals surface area contributed by atoms with E-state index in [1.54, 1.807) is 24.3 Å². The van der Waals surface area contributed by atoms with Crippen LogP contribution in [0.15, 0.2) is 24.3 Å². The molecule has 3 rings (SSSR count). The minimum atomic E-state index is -1.00. The van der Waals surface area contributed by atoms with Gasteiger partial charge in [0, 0.05) is 11.4 Å². The monoisotopic (exact) mass is 474 g/mol. The van der Waals surface area contributed by atoms with Crippen molar-refractivity contribution in [2.75, 3.05) is 36.8 Å². The first-order chi connectivity index (χ1) is 16.3. The molecule has 0 saturated carbocycles. The molecule has 0 unspecified atom stereocenters.